The second-order valence-corrected chi connectivity index (χ2v) is 5.10. The fourth-order valence-corrected chi connectivity index (χ4v) is 2.33. The van der Waals surface area contributed by atoms with Crippen molar-refractivity contribution in [1.29, 1.82) is 0 Å². The molecule has 0 aliphatic rings. The summed E-state index contributed by atoms with van der Waals surface area (Å²) in [7, 11) is 0. The van der Waals surface area contributed by atoms with E-state index in [1.54, 1.807) is 0 Å². The molecule has 17 heavy (non-hydrogen) atoms. The third-order valence-electron chi connectivity index (χ3n) is 3.40. The highest BCUT2D eigenvalue weighted by atomic mass is 14.7. The minimum atomic E-state index is 0.678. The summed E-state index contributed by atoms with van der Waals surface area (Å²) in [6.07, 6.45) is 11.3. The maximum atomic E-state index is 4.60. The molecule has 1 heterocycles. The van der Waals surface area contributed by atoms with Crippen LogP contribution in [0, 0.1) is 6.92 Å². The number of nitrogens with zero attached hydrogens (tertiary/aromatic N) is 1. The molecule has 0 amide bonds. The second-order valence-electron chi connectivity index (χ2n) is 5.10. The van der Waals surface area contributed by atoms with Crippen LogP contribution in [-0.2, 0) is 0 Å². The van der Waals surface area contributed by atoms with Gasteiger partial charge in [0.2, 0.25) is 0 Å². The van der Waals surface area contributed by atoms with E-state index in [9.17, 15) is 0 Å². The zero-order chi connectivity index (χ0) is 12.5. The van der Waals surface area contributed by atoms with Gasteiger partial charge in [0, 0.05) is 17.8 Å². The Labute approximate surface area is 107 Å². The Balaban J connectivity index is 2.49. The first-order chi connectivity index (χ1) is 8.27. The van der Waals surface area contributed by atoms with Crippen LogP contribution in [-0.4, -0.2) is 4.98 Å². The van der Waals surface area contributed by atoms with Gasteiger partial charge in [0.05, 0.1) is 0 Å². The number of aryl methyl sites for hydroxylation is 1. The fourth-order valence-electron chi connectivity index (χ4n) is 2.33. The van der Waals surface area contributed by atoms with Crippen molar-refractivity contribution in [2.24, 2.45) is 0 Å². The van der Waals surface area contributed by atoms with E-state index < -0.39 is 0 Å². The van der Waals surface area contributed by atoms with E-state index in [1.807, 2.05) is 6.20 Å². The molecule has 96 valence electrons. The Morgan fingerprint density at radius 3 is 2.41 bits per heavy atom. The minimum absolute atomic E-state index is 0.678. The van der Waals surface area contributed by atoms with Gasteiger partial charge in [-0.3, -0.25) is 4.98 Å². The smallest absolute Gasteiger partial charge is 0.0434 e. The normalized spacial score (nSPS) is 12.6. The monoisotopic (exact) mass is 233 g/mol. The van der Waals surface area contributed by atoms with Crippen LogP contribution in [0.3, 0.4) is 0 Å². The molecule has 0 fully saturated rings. The summed E-state index contributed by atoms with van der Waals surface area (Å²) in [5, 5.41) is 0. The first-order valence-electron chi connectivity index (χ1n) is 7.20. The Morgan fingerprint density at radius 2 is 1.82 bits per heavy atom. The predicted molar refractivity (Wildman–Crippen MR) is 75.4 cm³/mol. The lowest BCUT2D eigenvalue weighted by atomic mass is 9.92. The third kappa shape index (κ3) is 5.34. The molecular formula is C16H27N. The average Bonchev–Trinajstić information content (AvgIpc) is 2.34. The number of hydrogen-bond acceptors (Lipinski definition) is 1. The molecule has 1 nitrogen and oxygen atoms in total. The van der Waals surface area contributed by atoms with E-state index in [1.165, 1.54) is 56.2 Å². The van der Waals surface area contributed by atoms with Crippen LogP contribution in [0.5, 0.6) is 0 Å². The lowest BCUT2D eigenvalue weighted by molar-refractivity contribution is 0.512. The van der Waals surface area contributed by atoms with Gasteiger partial charge in [-0.2, -0.15) is 0 Å². The number of rotatable bonds is 8. The van der Waals surface area contributed by atoms with Crippen molar-refractivity contribution in [1.82, 2.24) is 4.98 Å². The molecule has 1 unspecified atom stereocenters. The second kappa shape index (κ2) is 8.27. The zero-order valence-electron chi connectivity index (χ0n) is 11.7. The van der Waals surface area contributed by atoms with Gasteiger partial charge in [-0.1, -0.05) is 52.0 Å². The molecule has 0 spiro atoms. The van der Waals surface area contributed by atoms with E-state index in [2.05, 4.69) is 37.9 Å². The van der Waals surface area contributed by atoms with E-state index in [4.69, 9.17) is 0 Å². The fraction of sp³-hybridized carbons (Fsp3) is 0.688. The van der Waals surface area contributed by atoms with E-state index in [0.29, 0.717) is 5.92 Å². The van der Waals surface area contributed by atoms with E-state index >= 15 is 0 Å². The number of aromatic nitrogens is 1. The van der Waals surface area contributed by atoms with Gasteiger partial charge in [0.25, 0.3) is 0 Å². The van der Waals surface area contributed by atoms with Crippen molar-refractivity contribution in [2.45, 2.75) is 71.6 Å². The quantitative estimate of drug-likeness (QED) is 0.559. The SMILES string of the molecule is CCCCCCC(CCC)c1ccc(C)cn1. The lowest BCUT2D eigenvalue weighted by Gasteiger charge is -2.15. The highest BCUT2D eigenvalue weighted by Crippen LogP contribution is 2.25. The van der Waals surface area contributed by atoms with Gasteiger partial charge in [-0.25, -0.2) is 0 Å². The summed E-state index contributed by atoms with van der Waals surface area (Å²) in [4.78, 5) is 4.60. The molecule has 1 atom stereocenters. The predicted octanol–water partition coefficient (Wildman–Crippen LogP) is 5.24. The standard InChI is InChI=1S/C16H27N/c1-4-6-7-8-10-15(9-5-2)16-12-11-14(3)13-17-16/h11-13,15H,4-10H2,1-3H3. The summed E-state index contributed by atoms with van der Waals surface area (Å²) in [6, 6.07) is 4.41. The van der Waals surface area contributed by atoms with Crippen molar-refractivity contribution in [2.75, 3.05) is 0 Å². The molecule has 0 N–H and O–H groups in total. The van der Waals surface area contributed by atoms with E-state index in [-0.39, 0.29) is 0 Å². The van der Waals surface area contributed by atoms with Crippen molar-refractivity contribution in [3.8, 4) is 0 Å². The summed E-state index contributed by atoms with van der Waals surface area (Å²) >= 11 is 0. The van der Waals surface area contributed by atoms with Crippen LogP contribution in [0.1, 0.15) is 76.0 Å². The summed E-state index contributed by atoms with van der Waals surface area (Å²) < 4.78 is 0. The molecule has 0 radical (unpaired) electrons. The van der Waals surface area contributed by atoms with Crippen LogP contribution in [0.15, 0.2) is 18.3 Å². The molecule has 0 saturated heterocycles. The van der Waals surface area contributed by atoms with Crippen molar-refractivity contribution in [3.63, 3.8) is 0 Å². The summed E-state index contributed by atoms with van der Waals surface area (Å²) in [5.41, 5.74) is 2.56. The maximum absolute atomic E-state index is 4.60. The van der Waals surface area contributed by atoms with Crippen LogP contribution in [0.25, 0.3) is 0 Å². The molecule has 0 aliphatic carbocycles. The van der Waals surface area contributed by atoms with Gasteiger partial charge < -0.3 is 0 Å². The highest BCUT2D eigenvalue weighted by Gasteiger charge is 2.11. The molecule has 1 rings (SSSR count). The number of hydrogen-bond donors (Lipinski definition) is 0. The van der Waals surface area contributed by atoms with E-state index in [0.717, 1.165) is 0 Å². The Kier molecular flexibility index (Phi) is 6.91. The topological polar surface area (TPSA) is 12.9 Å². The molecule has 1 heteroatoms. The Morgan fingerprint density at radius 1 is 1.00 bits per heavy atom. The number of pyridine rings is 1. The summed E-state index contributed by atoms with van der Waals surface area (Å²) in [6.45, 7) is 6.64. The Bertz CT molecular complexity index is 289. The molecular weight excluding hydrogens is 206 g/mol. The van der Waals surface area contributed by atoms with Gasteiger partial charge in [0.1, 0.15) is 0 Å². The van der Waals surface area contributed by atoms with Crippen molar-refractivity contribution < 1.29 is 0 Å². The first kappa shape index (κ1) is 14.2. The molecule has 0 saturated carbocycles. The average molecular weight is 233 g/mol. The third-order valence-corrected chi connectivity index (χ3v) is 3.40. The molecule has 0 aromatic carbocycles. The zero-order valence-corrected chi connectivity index (χ0v) is 11.7. The van der Waals surface area contributed by atoms with Crippen molar-refractivity contribution >= 4 is 0 Å². The lowest BCUT2D eigenvalue weighted by Crippen LogP contribution is -2.01. The van der Waals surface area contributed by atoms with Gasteiger partial charge >= 0.3 is 0 Å². The molecule has 0 bridgehead atoms. The number of unbranched alkanes of at least 4 members (excludes halogenated alkanes) is 3. The molecule has 1 aromatic heterocycles. The van der Waals surface area contributed by atoms with Crippen LogP contribution in [0.2, 0.25) is 0 Å². The molecule has 0 aliphatic heterocycles. The van der Waals surface area contributed by atoms with Crippen LogP contribution >= 0.6 is 0 Å². The molecule has 1 aromatic rings. The Hall–Kier alpha value is -0.850. The van der Waals surface area contributed by atoms with Crippen LogP contribution < -0.4 is 0 Å². The largest absolute Gasteiger partial charge is 0.261 e. The van der Waals surface area contributed by atoms with Crippen molar-refractivity contribution in [3.05, 3.63) is 29.6 Å². The highest BCUT2D eigenvalue weighted by molar-refractivity contribution is 5.15. The first-order valence-corrected chi connectivity index (χ1v) is 7.20. The van der Waals surface area contributed by atoms with Crippen LogP contribution in [0.4, 0.5) is 0 Å². The summed E-state index contributed by atoms with van der Waals surface area (Å²) in [5.74, 6) is 0.678. The van der Waals surface area contributed by atoms with Gasteiger partial charge in [-0.05, 0) is 31.4 Å². The minimum Gasteiger partial charge on any atom is -0.261 e. The van der Waals surface area contributed by atoms with Gasteiger partial charge in [0.15, 0.2) is 0 Å². The maximum Gasteiger partial charge on any atom is 0.0434 e. The van der Waals surface area contributed by atoms with Gasteiger partial charge in [-0.15, -0.1) is 0 Å².